The highest BCUT2D eigenvalue weighted by Gasteiger charge is 2.34. The van der Waals surface area contributed by atoms with Gasteiger partial charge in [-0.25, -0.2) is 4.79 Å². The van der Waals surface area contributed by atoms with Crippen molar-refractivity contribution in [1.29, 1.82) is 0 Å². The van der Waals surface area contributed by atoms with Crippen LogP contribution in [-0.2, 0) is 0 Å². The topological polar surface area (TPSA) is 95.6 Å². The van der Waals surface area contributed by atoms with Crippen molar-refractivity contribution >= 4 is 6.09 Å². The molecule has 1 fully saturated rings. The van der Waals surface area contributed by atoms with E-state index in [1.807, 2.05) is 0 Å². The van der Waals surface area contributed by atoms with Crippen LogP contribution in [0.3, 0.4) is 0 Å². The van der Waals surface area contributed by atoms with E-state index in [4.69, 9.17) is 10.8 Å². The summed E-state index contributed by atoms with van der Waals surface area (Å²) in [5, 5.41) is 19.9. The van der Waals surface area contributed by atoms with E-state index in [1.54, 1.807) is 0 Å². The van der Waals surface area contributed by atoms with E-state index < -0.39 is 12.2 Å². The molecular formula is C7H14N2O3. The molecule has 5 N–H and O–H groups in total. The smallest absolute Gasteiger partial charge is 0.404 e. The van der Waals surface area contributed by atoms with Crippen molar-refractivity contribution in [3.63, 3.8) is 0 Å². The number of hydrogen-bond donors (Lipinski definition) is 4. The Morgan fingerprint density at radius 2 is 2.25 bits per heavy atom. The molecule has 70 valence electrons. The van der Waals surface area contributed by atoms with Crippen LogP contribution >= 0.6 is 0 Å². The van der Waals surface area contributed by atoms with E-state index in [2.05, 4.69) is 5.32 Å². The summed E-state index contributed by atoms with van der Waals surface area (Å²) in [6, 6.07) is 0.00806. The molecule has 1 amide bonds. The lowest BCUT2D eigenvalue weighted by atomic mass is 9.77. The number of hydrogen-bond acceptors (Lipinski definition) is 3. The molecule has 5 nitrogen and oxygen atoms in total. The highest BCUT2D eigenvalue weighted by molar-refractivity contribution is 5.65. The Morgan fingerprint density at radius 1 is 1.67 bits per heavy atom. The van der Waals surface area contributed by atoms with Gasteiger partial charge in [-0.15, -0.1) is 0 Å². The standard InChI is InChI=1S/C7H14N2O3/c8-3-6(10)4-1-5(2-4)9-7(11)12/h4-6,9-10H,1-3,8H2,(H,11,12). The minimum Gasteiger partial charge on any atom is -0.465 e. The van der Waals surface area contributed by atoms with Gasteiger partial charge in [0.25, 0.3) is 0 Å². The van der Waals surface area contributed by atoms with Crippen LogP contribution in [0.15, 0.2) is 0 Å². The lowest BCUT2D eigenvalue weighted by Gasteiger charge is -2.37. The van der Waals surface area contributed by atoms with Gasteiger partial charge >= 0.3 is 6.09 Å². The maximum Gasteiger partial charge on any atom is 0.404 e. The van der Waals surface area contributed by atoms with E-state index in [-0.39, 0.29) is 18.5 Å². The third-order valence-corrected chi connectivity index (χ3v) is 2.29. The van der Waals surface area contributed by atoms with Gasteiger partial charge in [0.15, 0.2) is 0 Å². The zero-order valence-corrected chi connectivity index (χ0v) is 6.73. The second-order valence-corrected chi connectivity index (χ2v) is 3.18. The molecule has 0 saturated heterocycles. The summed E-state index contributed by atoms with van der Waals surface area (Å²) < 4.78 is 0. The third-order valence-electron chi connectivity index (χ3n) is 2.29. The molecule has 0 aromatic carbocycles. The fourth-order valence-electron chi connectivity index (χ4n) is 1.46. The molecule has 1 rings (SSSR count). The lowest BCUT2D eigenvalue weighted by molar-refractivity contribution is 0.0481. The number of carboxylic acid groups (broad SMARTS) is 1. The van der Waals surface area contributed by atoms with Gasteiger partial charge in [0.05, 0.1) is 6.10 Å². The van der Waals surface area contributed by atoms with Crippen molar-refractivity contribution in [3.05, 3.63) is 0 Å². The fraction of sp³-hybridized carbons (Fsp3) is 0.857. The van der Waals surface area contributed by atoms with Gasteiger partial charge < -0.3 is 21.3 Å². The maximum atomic E-state index is 10.2. The van der Waals surface area contributed by atoms with Crippen molar-refractivity contribution in [3.8, 4) is 0 Å². The molecule has 0 aliphatic heterocycles. The predicted molar refractivity (Wildman–Crippen MR) is 42.7 cm³/mol. The van der Waals surface area contributed by atoms with Crippen LogP contribution < -0.4 is 11.1 Å². The Kier molecular flexibility index (Phi) is 2.88. The molecule has 1 saturated carbocycles. The van der Waals surface area contributed by atoms with Crippen LogP contribution in [0.5, 0.6) is 0 Å². The van der Waals surface area contributed by atoms with Gasteiger partial charge in [-0.3, -0.25) is 0 Å². The molecule has 1 unspecified atom stereocenters. The van der Waals surface area contributed by atoms with Crippen LogP contribution in [0.25, 0.3) is 0 Å². The second kappa shape index (κ2) is 3.73. The number of aliphatic hydroxyl groups excluding tert-OH is 1. The quantitative estimate of drug-likeness (QED) is 0.457. The van der Waals surface area contributed by atoms with Gasteiger partial charge in [0, 0.05) is 12.6 Å². The Balaban J connectivity index is 2.15. The second-order valence-electron chi connectivity index (χ2n) is 3.18. The summed E-state index contributed by atoms with van der Waals surface area (Å²) in [5.41, 5.74) is 5.24. The number of rotatable bonds is 3. The van der Waals surface area contributed by atoms with Crippen molar-refractivity contribution in [2.75, 3.05) is 6.54 Å². The summed E-state index contributed by atoms with van der Waals surface area (Å²) in [7, 11) is 0. The first kappa shape index (κ1) is 9.28. The van der Waals surface area contributed by atoms with Gasteiger partial charge in [-0.05, 0) is 18.8 Å². The van der Waals surface area contributed by atoms with E-state index in [0.29, 0.717) is 12.8 Å². The number of amides is 1. The van der Waals surface area contributed by atoms with Gasteiger partial charge in [0.2, 0.25) is 0 Å². The maximum absolute atomic E-state index is 10.2. The molecule has 0 spiro atoms. The van der Waals surface area contributed by atoms with E-state index in [9.17, 15) is 9.90 Å². The molecule has 1 aliphatic rings. The van der Waals surface area contributed by atoms with Crippen LogP contribution in [-0.4, -0.2) is 35.0 Å². The molecule has 0 radical (unpaired) electrons. The molecule has 0 aromatic rings. The summed E-state index contributed by atoms with van der Waals surface area (Å²) in [4.78, 5) is 10.2. The zero-order valence-electron chi connectivity index (χ0n) is 6.73. The van der Waals surface area contributed by atoms with Crippen LogP contribution in [0.4, 0.5) is 4.79 Å². The molecular weight excluding hydrogens is 160 g/mol. The first-order valence-corrected chi connectivity index (χ1v) is 4.01. The Morgan fingerprint density at radius 3 is 2.67 bits per heavy atom. The Bertz CT molecular complexity index is 168. The largest absolute Gasteiger partial charge is 0.465 e. The Labute approximate surface area is 70.6 Å². The van der Waals surface area contributed by atoms with E-state index in [1.165, 1.54) is 0 Å². The van der Waals surface area contributed by atoms with Gasteiger partial charge in [-0.1, -0.05) is 0 Å². The molecule has 5 heteroatoms. The molecule has 1 aliphatic carbocycles. The highest BCUT2D eigenvalue weighted by atomic mass is 16.4. The summed E-state index contributed by atoms with van der Waals surface area (Å²) in [6.07, 6.45) is -0.0764. The Hall–Kier alpha value is -0.810. The minimum atomic E-state index is -0.999. The lowest BCUT2D eigenvalue weighted by Crippen LogP contribution is -2.48. The van der Waals surface area contributed by atoms with Gasteiger partial charge in [-0.2, -0.15) is 0 Å². The van der Waals surface area contributed by atoms with E-state index in [0.717, 1.165) is 0 Å². The van der Waals surface area contributed by atoms with Crippen LogP contribution in [0.1, 0.15) is 12.8 Å². The minimum absolute atomic E-state index is 0.00806. The fourth-order valence-corrected chi connectivity index (χ4v) is 1.46. The van der Waals surface area contributed by atoms with Crippen LogP contribution in [0.2, 0.25) is 0 Å². The van der Waals surface area contributed by atoms with Crippen molar-refractivity contribution in [1.82, 2.24) is 5.32 Å². The number of aliphatic hydroxyl groups is 1. The summed E-state index contributed by atoms with van der Waals surface area (Å²) in [5.74, 6) is 0.173. The van der Waals surface area contributed by atoms with Crippen molar-refractivity contribution < 1.29 is 15.0 Å². The molecule has 0 heterocycles. The van der Waals surface area contributed by atoms with Crippen molar-refractivity contribution in [2.45, 2.75) is 25.0 Å². The average molecular weight is 174 g/mol. The monoisotopic (exact) mass is 174 g/mol. The SMILES string of the molecule is NCC(O)C1CC(NC(=O)O)C1. The summed E-state index contributed by atoms with van der Waals surface area (Å²) in [6.45, 7) is 0.254. The van der Waals surface area contributed by atoms with Crippen molar-refractivity contribution in [2.24, 2.45) is 11.7 Å². The first-order valence-electron chi connectivity index (χ1n) is 4.01. The molecule has 0 bridgehead atoms. The normalized spacial score (nSPS) is 30.5. The first-order chi connectivity index (χ1) is 5.63. The predicted octanol–water partition coefficient (Wildman–Crippen LogP) is -0.648. The molecule has 0 aromatic heterocycles. The average Bonchev–Trinajstić information content (AvgIpc) is 1.94. The molecule has 12 heavy (non-hydrogen) atoms. The number of nitrogens with one attached hydrogen (secondary N) is 1. The van der Waals surface area contributed by atoms with Gasteiger partial charge in [0.1, 0.15) is 0 Å². The summed E-state index contributed by atoms with van der Waals surface area (Å²) >= 11 is 0. The number of nitrogens with two attached hydrogens (primary N) is 1. The number of carbonyl (C=O) groups is 1. The van der Waals surface area contributed by atoms with E-state index >= 15 is 0 Å². The molecule has 1 atom stereocenters. The zero-order chi connectivity index (χ0) is 9.14. The highest BCUT2D eigenvalue weighted by Crippen LogP contribution is 2.29. The third kappa shape index (κ3) is 2.09. The van der Waals surface area contributed by atoms with Crippen LogP contribution in [0, 0.1) is 5.92 Å².